The van der Waals surface area contributed by atoms with Crippen LogP contribution >= 0.6 is 0 Å². The van der Waals surface area contributed by atoms with E-state index in [1.54, 1.807) is 48.5 Å². The summed E-state index contributed by atoms with van der Waals surface area (Å²) in [4.78, 5) is 27.3. The summed E-state index contributed by atoms with van der Waals surface area (Å²) in [5.41, 5.74) is 1.36. The van der Waals surface area contributed by atoms with Gasteiger partial charge in [0.25, 0.3) is 11.8 Å². The lowest BCUT2D eigenvalue weighted by molar-refractivity contribution is -0.257. The number of imide groups is 1. The fourth-order valence-electron chi connectivity index (χ4n) is 4.56. The van der Waals surface area contributed by atoms with E-state index in [0.29, 0.717) is 11.5 Å². The van der Waals surface area contributed by atoms with Crippen LogP contribution in [0.25, 0.3) is 0 Å². The van der Waals surface area contributed by atoms with E-state index < -0.39 is 42.5 Å². The second-order valence-corrected chi connectivity index (χ2v) is 8.83. The highest BCUT2D eigenvalue weighted by molar-refractivity contribution is 6.21. The number of nitrogens with zero attached hydrogens (tertiary/aromatic N) is 1. The summed E-state index contributed by atoms with van der Waals surface area (Å²) in [6, 6.07) is 21.2. The number of benzene rings is 3. The summed E-state index contributed by atoms with van der Waals surface area (Å²) in [6.45, 7) is 0.222. The van der Waals surface area contributed by atoms with E-state index in [9.17, 15) is 19.8 Å². The summed E-state index contributed by atoms with van der Waals surface area (Å²) in [6.07, 6.45) is -5.25. The molecule has 2 aliphatic rings. The van der Waals surface area contributed by atoms with Crippen molar-refractivity contribution in [3.8, 4) is 11.5 Å². The molecule has 1 saturated heterocycles. The normalized spacial score (nSPS) is 25.2. The monoisotopic (exact) mass is 505 g/mol. The molecule has 9 nitrogen and oxygen atoms in total. The minimum Gasteiger partial charge on any atom is -0.497 e. The Morgan fingerprint density at radius 2 is 1.41 bits per heavy atom. The van der Waals surface area contributed by atoms with Gasteiger partial charge >= 0.3 is 0 Å². The first-order valence-electron chi connectivity index (χ1n) is 11.9. The maximum absolute atomic E-state index is 13.2. The quantitative estimate of drug-likeness (QED) is 0.449. The van der Waals surface area contributed by atoms with Gasteiger partial charge in [-0.1, -0.05) is 42.5 Å². The van der Waals surface area contributed by atoms with Gasteiger partial charge in [-0.25, -0.2) is 0 Å². The second kappa shape index (κ2) is 10.7. The fourth-order valence-corrected chi connectivity index (χ4v) is 4.56. The number of hydrogen-bond donors (Lipinski definition) is 2. The van der Waals surface area contributed by atoms with Gasteiger partial charge in [0, 0.05) is 0 Å². The zero-order valence-corrected chi connectivity index (χ0v) is 20.1. The van der Waals surface area contributed by atoms with Crippen LogP contribution in [0.2, 0.25) is 0 Å². The minimum atomic E-state index is -1.55. The highest BCUT2D eigenvalue weighted by Gasteiger charge is 2.54. The molecule has 2 amide bonds. The molecule has 3 aromatic carbocycles. The Morgan fingerprint density at radius 1 is 0.811 bits per heavy atom. The average Bonchev–Trinajstić information content (AvgIpc) is 3.18. The average molecular weight is 506 g/mol. The van der Waals surface area contributed by atoms with Crippen molar-refractivity contribution in [3.63, 3.8) is 0 Å². The molecule has 0 radical (unpaired) electrons. The predicted molar refractivity (Wildman–Crippen MR) is 131 cm³/mol. The maximum atomic E-state index is 13.2. The van der Waals surface area contributed by atoms with Crippen LogP contribution in [-0.4, -0.2) is 71.3 Å². The SMILES string of the molecule is COc1ccc(O[C@@H]2O[C@H](COCc3ccccc3)[C@H](O)[C@H](O)[C@H]2N2C(=O)c3ccccc3C2=O)cc1. The second-order valence-electron chi connectivity index (χ2n) is 8.83. The topological polar surface area (TPSA) is 115 Å². The van der Waals surface area contributed by atoms with Crippen LogP contribution in [0.5, 0.6) is 11.5 Å². The van der Waals surface area contributed by atoms with Crippen LogP contribution < -0.4 is 9.47 Å². The molecule has 0 unspecified atom stereocenters. The first kappa shape index (κ1) is 24.9. The number of amides is 2. The molecule has 0 aromatic heterocycles. The molecule has 37 heavy (non-hydrogen) atoms. The molecule has 2 heterocycles. The zero-order valence-electron chi connectivity index (χ0n) is 20.1. The van der Waals surface area contributed by atoms with Crippen molar-refractivity contribution in [3.05, 3.63) is 95.6 Å². The number of hydrogen-bond acceptors (Lipinski definition) is 8. The van der Waals surface area contributed by atoms with E-state index in [4.69, 9.17) is 18.9 Å². The largest absolute Gasteiger partial charge is 0.497 e. The third kappa shape index (κ3) is 4.94. The first-order chi connectivity index (χ1) is 18.0. The Morgan fingerprint density at radius 3 is 2.03 bits per heavy atom. The minimum absolute atomic E-state index is 0.0512. The van der Waals surface area contributed by atoms with Crippen LogP contribution in [0.15, 0.2) is 78.9 Å². The Hall–Kier alpha value is -3.76. The molecule has 0 spiro atoms. The fraction of sp³-hybridized carbons (Fsp3) is 0.286. The number of aliphatic hydroxyl groups excluding tert-OH is 2. The predicted octanol–water partition coefficient (Wildman–Crippen LogP) is 2.40. The first-order valence-corrected chi connectivity index (χ1v) is 11.9. The lowest BCUT2D eigenvalue weighted by Crippen LogP contribution is -2.66. The van der Waals surface area contributed by atoms with Gasteiger partial charge in [-0.05, 0) is 42.0 Å². The van der Waals surface area contributed by atoms with Gasteiger partial charge in [0.15, 0.2) is 0 Å². The lowest BCUT2D eigenvalue weighted by atomic mass is 9.95. The van der Waals surface area contributed by atoms with Crippen molar-refractivity contribution < 1.29 is 38.7 Å². The molecular formula is C28H27NO8. The summed E-state index contributed by atoms with van der Waals surface area (Å²) in [5.74, 6) is -0.221. The van der Waals surface area contributed by atoms with Crippen molar-refractivity contribution in [2.75, 3.05) is 13.7 Å². The zero-order chi connectivity index (χ0) is 25.9. The van der Waals surface area contributed by atoms with E-state index >= 15 is 0 Å². The van der Waals surface area contributed by atoms with E-state index in [-0.39, 0.29) is 24.3 Å². The molecule has 2 N–H and O–H groups in total. The summed E-state index contributed by atoms with van der Waals surface area (Å²) < 4.78 is 23.0. The summed E-state index contributed by atoms with van der Waals surface area (Å²) in [5, 5.41) is 22.1. The molecule has 192 valence electrons. The van der Waals surface area contributed by atoms with Crippen LogP contribution in [0.1, 0.15) is 26.3 Å². The molecule has 0 saturated carbocycles. The number of aliphatic hydroxyl groups is 2. The van der Waals surface area contributed by atoms with Gasteiger partial charge in [0.2, 0.25) is 6.29 Å². The molecule has 5 atom stereocenters. The van der Waals surface area contributed by atoms with E-state index in [1.807, 2.05) is 30.3 Å². The van der Waals surface area contributed by atoms with Gasteiger partial charge < -0.3 is 29.2 Å². The van der Waals surface area contributed by atoms with E-state index in [1.165, 1.54) is 7.11 Å². The van der Waals surface area contributed by atoms with E-state index in [2.05, 4.69) is 0 Å². The van der Waals surface area contributed by atoms with Crippen molar-refractivity contribution in [1.29, 1.82) is 0 Å². The molecular weight excluding hydrogens is 478 g/mol. The van der Waals surface area contributed by atoms with Crippen LogP contribution in [0, 0.1) is 0 Å². The number of ether oxygens (including phenoxy) is 4. The molecule has 1 fully saturated rings. The van der Waals surface area contributed by atoms with Gasteiger partial charge in [-0.15, -0.1) is 0 Å². The summed E-state index contributed by atoms with van der Waals surface area (Å²) >= 11 is 0. The Labute approximate surface area is 213 Å². The highest BCUT2D eigenvalue weighted by Crippen LogP contribution is 2.34. The van der Waals surface area contributed by atoms with Gasteiger partial charge in [-0.3, -0.25) is 14.5 Å². The molecule has 9 heteroatoms. The van der Waals surface area contributed by atoms with Gasteiger partial charge in [0.05, 0.1) is 31.5 Å². The highest BCUT2D eigenvalue weighted by atomic mass is 16.7. The Balaban J connectivity index is 1.40. The van der Waals surface area contributed by atoms with Gasteiger partial charge in [-0.2, -0.15) is 0 Å². The number of fused-ring (bicyclic) bond motifs is 1. The lowest BCUT2D eigenvalue weighted by Gasteiger charge is -2.45. The molecule has 5 rings (SSSR count). The van der Waals surface area contributed by atoms with E-state index in [0.717, 1.165) is 10.5 Å². The number of carbonyl (C=O) groups excluding carboxylic acids is 2. The Bertz CT molecular complexity index is 1210. The smallest absolute Gasteiger partial charge is 0.262 e. The standard InChI is InChI=1S/C28H27NO8/c1-34-18-11-13-19(14-12-18)36-28-23(29-26(32)20-9-5-6-10-21(20)27(29)33)25(31)24(30)22(37-28)16-35-15-17-7-3-2-4-8-17/h2-14,22-25,28,30-31H,15-16H2,1H3/t22-,23-,24+,25-,28-/m1/s1. The van der Waals surface area contributed by atoms with Crippen molar-refractivity contribution in [2.24, 2.45) is 0 Å². The van der Waals surface area contributed by atoms with Crippen LogP contribution in [-0.2, 0) is 16.1 Å². The molecule has 2 aliphatic heterocycles. The third-order valence-corrected chi connectivity index (χ3v) is 6.50. The van der Waals surface area contributed by atoms with Crippen molar-refractivity contribution in [1.82, 2.24) is 4.90 Å². The van der Waals surface area contributed by atoms with Crippen LogP contribution in [0.4, 0.5) is 0 Å². The Kier molecular flexibility index (Phi) is 7.20. The number of carbonyl (C=O) groups is 2. The number of rotatable bonds is 8. The molecule has 0 aliphatic carbocycles. The van der Waals surface area contributed by atoms with Crippen molar-refractivity contribution in [2.45, 2.75) is 37.3 Å². The molecule has 3 aromatic rings. The summed E-state index contributed by atoms with van der Waals surface area (Å²) in [7, 11) is 1.54. The van der Waals surface area contributed by atoms with Crippen molar-refractivity contribution >= 4 is 11.8 Å². The van der Waals surface area contributed by atoms with Gasteiger partial charge in [0.1, 0.15) is 35.9 Å². The number of methoxy groups -OCH3 is 1. The third-order valence-electron chi connectivity index (χ3n) is 6.50. The van der Waals surface area contributed by atoms with Crippen LogP contribution in [0.3, 0.4) is 0 Å². The molecule has 0 bridgehead atoms. The maximum Gasteiger partial charge on any atom is 0.262 e.